The van der Waals surface area contributed by atoms with Crippen LogP contribution in [-0.2, 0) is 0 Å². The van der Waals surface area contributed by atoms with Crippen LogP contribution in [0.15, 0.2) is 24.3 Å². The van der Waals surface area contributed by atoms with Crippen molar-refractivity contribution in [2.45, 2.75) is 6.42 Å². The molecule has 1 rings (SSSR count). The molecule has 18 heavy (non-hydrogen) atoms. The lowest BCUT2D eigenvalue weighted by molar-refractivity contribution is 0.0798. The maximum Gasteiger partial charge on any atom is 0.707 e. The van der Waals surface area contributed by atoms with Gasteiger partial charge in [0.2, 0.25) is 0 Å². The molecule has 0 aliphatic carbocycles. The summed E-state index contributed by atoms with van der Waals surface area (Å²) in [6, 6.07) is 7.93. The average Bonchev–Trinajstić information content (AvgIpc) is 2.35. The van der Waals surface area contributed by atoms with Crippen LogP contribution >= 0.6 is 0 Å². The van der Waals surface area contributed by atoms with Crippen molar-refractivity contribution in [3.63, 3.8) is 0 Å². The van der Waals surface area contributed by atoms with Gasteiger partial charge in [0.05, 0.1) is 12.5 Å². The molecule has 1 aromatic rings. The van der Waals surface area contributed by atoms with Crippen molar-refractivity contribution in [2.75, 3.05) is 13.6 Å². The van der Waals surface area contributed by atoms with Crippen molar-refractivity contribution >= 4 is 13.2 Å². The highest BCUT2D eigenvalue weighted by molar-refractivity contribution is 6.33. The maximum absolute atomic E-state index is 11.9. The fourth-order valence-electron chi connectivity index (χ4n) is 1.34. The molecule has 7 heteroatoms. The zero-order valence-corrected chi connectivity index (χ0v) is 9.91. The lowest BCUT2D eigenvalue weighted by Crippen LogP contribution is -2.27. The largest absolute Gasteiger partial charge is 0.707 e. The molecule has 0 saturated carbocycles. The maximum atomic E-state index is 11.9. The van der Waals surface area contributed by atoms with Gasteiger partial charge in [-0.3, -0.25) is 4.79 Å². The van der Waals surface area contributed by atoms with Crippen molar-refractivity contribution in [1.82, 2.24) is 4.90 Å². The molecule has 2 N–H and O–H groups in total. The third-order valence-electron chi connectivity index (χ3n) is 2.25. The van der Waals surface area contributed by atoms with Gasteiger partial charge in [-0.15, -0.1) is 0 Å². The Hall–Kier alpha value is -2.04. The molecule has 94 valence electrons. The van der Waals surface area contributed by atoms with Gasteiger partial charge in [-0.25, -0.2) is 0 Å². The van der Waals surface area contributed by atoms with Crippen molar-refractivity contribution in [2.24, 2.45) is 0 Å². The van der Waals surface area contributed by atoms with Gasteiger partial charge < -0.3 is 19.6 Å². The molecule has 0 heterocycles. The minimum Gasteiger partial charge on any atom is -0.512 e. The molecule has 0 spiro atoms. The van der Waals surface area contributed by atoms with Gasteiger partial charge in [-0.1, -0.05) is 0 Å². The van der Waals surface area contributed by atoms with Gasteiger partial charge in [0, 0.05) is 19.2 Å². The van der Waals surface area contributed by atoms with Crippen molar-refractivity contribution in [3.05, 3.63) is 29.8 Å². The van der Waals surface area contributed by atoms with Gasteiger partial charge in [0.25, 0.3) is 5.91 Å². The molecule has 1 amide bonds. The Morgan fingerprint density at radius 3 is 2.56 bits per heavy atom. The molecule has 1 aromatic carbocycles. The minimum atomic E-state index is -1.88. The quantitative estimate of drug-likeness (QED) is 0.716. The van der Waals surface area contributed by atoms with Gasteiger partial charge in [-0.05, 0) is 24.3 Å². The molecular formula is C11H13BN2O4. The summed E-state index contributed by atoms with van der Waals surface area (Å²) in [5, 5.41) is 25.6. The van der Waals surface area contributed by atoms with Crippen molar-refractivity contribution in [1.29, 1.82) is 5.26 Å². The second kappa shape index (κ2) is 6.64. The number of carbonyl (C=O) groups excluding carboxylic acids is 1. The van der Waals surface area contributed by atoms with E-state index in [9.17, 15) is 4.79 Å². The van der Waals surface area contributed by atoms with E-state index < -0.39 is 7.32 Å². The number of carbonyl (C=O) groups is 1. The SMILES string of the molecule is CN(CCC#N)C(=O)c1ccc(OB(O)O)cc1. The van der Waals surface area contributed by atoms with Crippen LogP contribution in [0.5, 0.6) is 5.75 Å². The highest BCUT2D eigenvalue weighted by Gasteiger charge is 2.13. The van der Waals surface area contributed by atoms with Crippen LogP contribution in [0.2, 0.25) is 0 Å². The first kappa shape index (κ1) is 14.0. The van der Waals surface area contributed by atoms with Gasteiger partial charge in [0.1, 0.15) is 5.75 Å². The topological polar surface area (TPSA) is 93.8 Å². The summed E-state index contributed by atoms with van der Waals surface area (Å²) < 4.78 is 4.62. The van der Waals surface area contributed by atoms with Crippen LogP contribution in [-0.4, -0.2) is 41.8 Å². The number of nitriles is 1. The van der Waals surface area contributed by atoms with E-state index in [1.807, 2.05) is 6.07 Å². The first-order valence-electron chi connectivity index (χ1n) is 5.30. The van der Waals surface area contributed by atoms with Crippen LogP contribution in [0.3, 0.4) is 0 Å². The fourth-order valence-corrected chi connectivity index (χ4v) is 1.34. The Kier molecular flexibility index (Phi) is 5.17. The minimum absolute atomic E-state index is 0.207. The van der Waals surface area contributed by atoms with Crippen LogP contribution in [0.4, 0.5) is 0 Å². The molecule has 0 fully saturated rings. The van der Waals surface area contributed by atoms with Gasteiger partial charge in [0.15, 0.2) is 0 Å². The molecule has 0 aliphatic heterocycles. The van der Waals surface area contributed by atoms with E-state index in [0.717, 1.165) is 0 Å². The number of hydrogen-bond acceptors (Lipinski definition) is 5. The highest BCUT2D eigenvalue weighted by Crippen LogP contribution is 2.13. The second-order valence-electron chi connectivity index (χ2n) is 3.60. The molecule has 0 atom stereocenters. The Balaban J connectivity index is 2.67. The summed E-state index contributed by atoms with van der Waals surface area (Å²) >= 11 is 0. The Morgan fingerprint density at radius 2 is 2.06 bits per heavy atom. The standard InChI is InChI=1S/C11H13BN2O4/c1-14(8-2-7-13)11(15)9-3-5-10(6-4-9)18-12(16)17/h3-6,16-17H,2,8H2,1H3. The fraction of sp³-hybridized carbons (Fsp3) is 0.273. The third kappa shape index (κ3) is 4.09. The van der Waals surface area contributed by atoms with E-state index in [2.05, 4.69) is 4.65 Å². The number of benzene rings is 1. The predicted molar refractivity (Wildman–Crippen MR) is 64.5 cm³/mol. The first-order valence-corrected chi connectivity index (χ1v) is 5.30. The third-order valence-corrected chi connectivity index (χ3v) is 2.25. The van der Waals surface area contributed by atoms with E-state index >= 15 is 0 Å². The number of hydrogen-bond donors (Lipinski definition) is 2. The number of amides is 1. The predicted octanol–water partition coefficient (Wildman–Crippen LogP) is 0.0206. The van der Waals surface area contributed by atoms with Gasteiger partial charge in [-0.2, -0.15) is 5.26 Å². The lowest BCUT2D eigenvalue weighted by Gasteiger charge is -2.15. The second-order valence-corrected chi connectivity index (χ2v) is 3.60. The molecular weight excluding hydrogens is 235 g/mol. The summed E-state index contributed by atoms with van der Waals surface area (Å²) in [7, 11) is -0.272. The molecule has 0 saturated heterocycles. The van der Waals surface area contributed by atoms with E-state index in [-0.39, 0.29) is 18.1 Å². The summed E-state index contributed by atoms with van der Waals surface area (Å²) in [6.45, 7) is 0.364. The molecule has 6 nitrogen and oxygen atoms in total. The van der Waals surface area contributed by atoms with Crippen molar-refractivity contribution < 1.29 is 19.5 Å². The average molecular weight is 248 g/mol. The zero-order chi connectivity index (χ0) is 13.5. The summed E-state index contributed by atoms with van der Waals surface area (Å²) in [5.41, 5.74) is 0.440. The Morgan fingerprint density at radius 1 is 1.44 bits per heavy atom. The number of nitrogens with zero attached hydrogens (tertiary/aromatic N) is 2. The van der Waals surface area contributed by atoms with E-state index in [1.165, 1.54) is 29.2 Å². The molecule has 0 unspecified atom stereocenters. The van der Waals surface area contributed by atoms with Crippen LogP contribution < -0.4 is 4.65 Å². The molecule has 0 aromatic heterocycles. The first-order chi connectivity index (χ1) is 8.54. The summed E-state index contributed by atoms with van der Waals surface area (Å²) in [6.07, 6.45) is 0.278. The Bertz CT molecular complexity index is 441. The molecule has 0 bridgehead atoms. The molecule has 0 radical (unpaired) electrons. The highest BCUT2D eigenvalue weighted by atomic mass is 16.6. The van der Waals surface area contributed by atoms with E-state index in [0.29, 0.717) is 12.1 Å². The van der Waals surface area contributed by atoms with Crippen LogP contribution in [0.1, 0.15) is 16.8 Å². The number of rotatable bonds is 5. The van der Waals surface area contributed by atoms with Gasteiger partial charge >= 0.3 is 7.32 Å². The lowest BCUT2D eigenvalue weighted by atomic mass is 10.1. The summed E-state index contributed by atoms with van der Waals surface area (Å²) in [4.78, 5) is 13.3. The van der Waals surface area contributed by atoms with E-state index in [4.69, 9.17) is 15.3 Å². The smallest absolute Gasteiger partial charge is 0.512 e. The monoisotopic (exact) mass is 248 g/mol. The Labute approximate surface area is 105 Å². The van der Waals surface area contributed by atoms with Crippen LogP contribution in [0, 0.1) is 11.3 Å². The molecule has 0 aliphatic rings. The normalized spacial score (nSPS) is 9.44. The van der Waals surface area contributed by atoms with E-state index in [1.54, 1.807) is 7.05 Å². The van der Waals surface area contributed by atoms with Crippen LogP contribution in [0.25, 0.3) is 0 Å². The summed E-state index contributed by atoms with van der Waals surface area (Å²) in [5.74, 6) is 0.0441. The van der Waals surface area contributed by atoms with Crippen molar-refractivity contribution in [3.8, 4) is 11.8 Å². The zero-order valence-electron chi connectivity index (χ0n) is 9.91.